The molecule has 21 heavy (non-hydrogen) atoms. The lowest BCUT2D eigenvalue weighted by molar-refractivity contribution is -0.127. The molecule has 0 aliphatic carbocycles. The van der Waals surface area contributed by atoms with Crippen LogP contribution < -0.4 is 10.1 Å². The van der Waals surface area contributed by atoms with Gasteiger partial charge in [-0.25, -0.2) is 4.39 Å². The van der Waals surface area contributed by atoms with Crippen LogP contribution in [0.2, 0.25) is 0 Å². The number of hydrogen-bond donors (Lipinski definition) is 1. The van der Waals surface area contributed by atoms with Crippen molar-refractivity contribution in [2.24, 2.45) is 0 Å². The third-order valence-corrected chi connectivity index (χ3v) is 4.10. The molecular formula is C16H24FNO3. The number of methoxy groups -OCH3 is 1. The van der Waals surface area contributed by atoms with Gasteiger partial charge in [-0.1, -0.05) is 6.07 Å². The summed E-state index contributed by atoms with van der Waals surface area (Å²) in [7, 11) is 3.37. The van der Waals surface area contributed by atoms with Gasteiger partial charge in [-0.3, -0.25) is 0 Å². The highest BCUT2D eigenvalue weighted by Gasteiger charge is 2.42. The molecule has 0 spiro atoms. The first-order valence-electron chi connectivity index (χ1n) is 7.39. The Labute approximate surface area is 125 Å². The van der Waals surface area contributed by atoms with E-state index in [1.54, 1.807) is 12.1 Å². The van der Waals surface area contributed by atoms with Crippen LogP contribution in [0.3, 0.4) is 0 Å². The van der Waals surface area contributed by atoms with Gasteiger partial charge in [-0.05, 0) is 20.0 Å². The molecule has 0 aromatic heterocycles. The summed E-state index contributed by atoms with van der Waals surface area (Å²) in [6, 6.07) is 4.75. The second-order valence-corrected chi connectivity index (χ2v) is 5.22. The van der Waals surface area contributed by atoms with E-state index in [-0.39, 0.29) is 11.9 Å². The summed E-state index contributed by atoms with van der Waals surface area (Å²) in [5, 5.41) is 3.23. The molecule has 0 amide bonds. The van der Waals surface area contributed by atoms with E-state index in [0.717, 1.165) is 12.8 Å². The summed E-state index contributed by atoms with van der Waals surface area (Å²) in [4.78, 5) is 0. The van der Waals surface area contributed by atoms with Crippen molar-refractivity contribution in [1.82, 2.24) is 5.32 Å². The van der Waals surface area contributed by atoms with E-state index in [1.807, 2.05) is 14.0 Å². The summed E-state index contributed by atoms with van der Waals surface area (Å²) in [5.41, 5.74) is 0.172. The number of ether oxygens (including phenoxy) is 3. The molecule has 1 atom stereocenters. The van der Waals surface area contributed by atoms with E-state index >= 15 is 0 Å². The highest BCUT2D eigenvalue weighted by atomic mass is 19.1. The van der Waals surface area contributed by atoms with E-state index in [9.17, 15) is 4.39 Å². The maximum Gasteiger partial charge on any atom is 0.131 e. The van der Waals surface area contributed by atoms with Crippen molar-refractivity contribution >= 4 is 0 Å². The van der Waals surface area contributed by atoms with Gasteiger partial charge in [0.1, 0.15) is 11.6 Å². The largest absolute Gasteiger partial charge is 0.497 e. The minimum atomic E-state index is -0.433. The topological polar surface area (TPSA) is 39.7 Å². The monoisotopic (exact) mass is 297 g/mol. The molecule has 0 radical (unpaired) electrons. The molecule has 1 saturated heterocycles. The van der Waals surface area contributed by atoms with Gasteiger partial charge in [-0.2, -0.15) is 0 Å². The maximum atomic E-state index is 14.4. The molecule has 0 bridgehead atoms. The van der Waals surface area contributed by atoms with Crippen LogP contribution in [0, 0.1) is 5.82 Å². The van der Waals surface area contributed by atoms with Gasteiger partial charge in [0.25, 0.3) is 0 Å². The zero-order chi connectivity index (χ0) is 15.3. The summed E-state index contributed by atoms with van der Waals surface area (Å²) < 4.78 is 31.0. The first kappa shape index (κ1) is 16.2. The molecule has 4 nitrogen and oxygen atoms in total. The zero-order valence-electron chi connectivity index (χ0n) is 12.9. The Balaban J connectivity index is 2.36. The number of likely N-dealkylation sites (N-methyl/N-ethyl adjacent to an activating group) is 1. The van der Waals surface area contributed by atoms with Gasteiger partial charge in [0.05, 0.1) is 18.8 Å². The summed E-state index contributed by atoms with van der Waals surface area (Å²) in [5.74, 6) is 0.239. The third kappa shape index (κ3) is 3.36. The van der Waals surface area contributed by atoms with E-state index in [0.29, 0.717) is 31.1 Å². The van der Waals surface area contributed by atoms with Crippen LogP contribution in [-0.4, -0.2) is 39.6 Å². The predicted octanol–water partition coefficient (Wildman–Crippen LogP) is 2.68. The standard InChI is InChI=1S/C16H24FNO3/c1-4-21-16(7-9-20-10-8-16)15(18-2)13-6-5-12(19-3)11-14(13)17/h5-6,11,15,18H,4,7-10H2,1-3H3. The Morgan fingerprint density at radius 3 is 2.62 bits per heavy atom. The summed E-state index contributed by atoms with van der Waals surface area (Å²) in [6.45, 7) is 3.83. The van der Waals surface area contributed by atoms with Crippen molar-refractivity contribution in [1.29, 1.82) is 0 Å². The van der Waals surface area contributed by atoms with Gasteiger partial charge in [0.15, 0.2) is 0 Å². The molecule has 1 N–H and O–H groups in total. The van der Waals surface area contributed by atoms with Crippen molar-refractivity contribution in [3.05, 3.63) is 29.6 Å². The number of rotatable bonds is 6. The molecule has 1 aliphatic heterocycles. The fourth-order valence-electron chi connectivity index (χ4n) is 3.09. The van der Waals surface area contributed by atoms with Crippen molar-refractivity contribution in [3.63, 3.8) is 0 Å². The minimum Gasteiger partial charge on any atom is -0.497 e. The lowest BCUT2D eigenvalue weighted by Gasteiger charge is -2.43. The van der Waals surface area contributed by atoms with Crippen LogP contribution >= 0.6 is 0 Å². The number of halogens is 1. The van der Waals surface area contributed by atoms with Crippen LogP contribution in [0.4, 0.5) is 4.39 Å². The van der Waals surface area contributed by atoms with Crippen molar-refractivity contribution < 1.29 is 18.6 Å². The average Bonchev–Trinajstić information content (AvgIpc) is 2.50. The molecule has 1 heterocycles. The Morgan fingerprint density at radius 2 is 2.10 bits per heavy atom. The van der Waals surface area contributed by atoms with E-state index < -0.39 is 5.60 Å². The molecule has 1 aliphatic rings. The van der Waals surface area contributed by atoms with Gasteiger partial charge in [-0.15, -0.1) is 0 Å². The van der Waals surface area contributed by atoms with Crippen LogP contribution in [0.25, 0.3) is 0 Å². The number of hydrogen-bond acceptors (Lipinski definition) is 4. The van der Waals surface area contributed by atoms with Crippen molar-refractivity contribution in [2.45, 2.75) is 31.4 Å². The van der Waals surface area contributed by atoms with Crippen LogP contribution in [0.1, 0.15) is 31.4 Å². The third-order valence-electron chi connectivity index (χ3n) is 4.10. The molecule has 1 unspecified atom stereocenters. The SMILES string of the molecule is CCOC1(C(NC)c2ccc(OC)cc2F)CCOCC1. The Morgan fingerprint density at radius 1 is 1.38 bits per heavy atom. The van der Waals surface area contributed by atoms with E-state index in [1.165, 1.54) is 13.2 Å². The number of benzene rings is 1. The van der Waals surface area contributed by atoms with Gasteiger partial charge in [0.2, 0.25) is 0 Å². The molecule has 5 heteroatoms. The lowest BCUT2D eigenvalue weighted by Crippen LogP contribution is -2.49. The Kier molecular flexibility index (Phi) is 5.56. The lowest BCUT2D eigenvalue weighted by atomic mass is 9.81. The van der Waals surface area contributed by atoms with Crippen molar-refractivity contribution in [3.8, 4) is 5.75 Å². The van der Waals surface area contributed by atoms with E-state index in [2.05, 4.69) is 5.32 Å². The Hall–Kier alpha value is -1.17. The average molecular weight is 297 g/mol. The summed E-state index contributed by atoms with van der Waals surface area (Å²) >= 11 is 0. The normalized spacial score (nSPS) is 19.2. The molecule has 1 aromatic rings. The maximum absolute atomic E-state index is 14.4. The minimum absolute atomic E-state index is 0.216. The quantitative estimate of drug-likeness (QED) is 0.876. The second-order valence-electron chi connectivity index (χ2n) is 5.22. The van der Waals surface area contributed by atoms with Crippen LogP contribution in [0.5, 0.6) is 5.75 Å². The van der Waals surface area contributed by atoms with Crippen LogP contribution in [-0.2, 0) is 9.47 Å². The summed E-state index contributed by atoms with van der Waals surface area (Å²) in [6.07, 6.45) is 1.50. The smallest absolute Gasteiger partial charge is 0.131 e. The molecule has 1 aromatic carbocycles. The second kappa shape index (κ2) is 7.20. The molecular weight excluding hydrogens is 273 g/mol. The van der Waals surface area contributed by atoms with Crippen molar-refractivity contribution in [2.75, 3.05) is 34.0 Å². The first-order valence-corrected chi connectivity index (χ1v) is 7.39. The molecule has 2 rings (SSSR count). The Bertz CT molecular complexity index is 455. The van der Waals surface area contributed by atoms with Crippen LogP contribution in [0.15, 0.2) is 18.2 Å². The highest BCUT2D eigenvalue weighted by molar-refractivity contribution is 5.32. The predicted molar refractivity (Wildman–Crippen MR) is 79.2 cm³/mol. The van der Waals surface area contributed by atoms with Gasteiger partial charge >= 0.3 is 0 Å². The first-order chi connectivity index (χ1) is 10.2. The van der Waals surface area contributed by atoms with Gasteiger partial charge < -0.3 is 19.5 Å². The van der Waals surface area contributed by atoms with Gasteiger partial charge in [0, 0.05) is 44.3 Å². The zero-order valence-corrected chi connectivity index (χ0v) is 12.9. The number of nitrogens with one attached hydrogen (secondary N) is 1. The fraction of sp³-hybridized carbons (Fsp3) is 0.625. The molecule has 1 fully saturated rings. The fourth-order valence-corrected chi connectivity index (χ4v) is 3.09. The molecule has 0 saturated carbocycles. The highest BCUT2D eigenvalue weighted by Crippen LogP contribution is 2.39. The van der Waals surface area contributed by atoms with E-state index in [4.69, 9.17) is 14.2 Å². The molecule has 118 valence electrons.